The summed E-state index contributed by atoms with van der Waals surface area (Å²) < 4.78 is 5.00. The lowest BCUT2D eigenvalue weighted by atomic mass is 10.2. The van der Waals surface area contributed by atoms with E-state index in [1.54, 1.807) is 0 Å². The van der Waals surface area contributed by atoms with Crippen molar-refractivity contribution in [3.63, 3.8) is 0 Å². The third-order valence-electron chi connectivity index (χ3n) is 2.29. The average Bonchev–Trinajstić information content (AvgIpc) is 2.46. The van der Waals surface area contributed by atoms with Crippen molar-refractivity contribution in [3.8, 4) is 0 Å². The smallest absolute Gasteiger partial charge is 0.358 e. The Balaban J connectivity index is 1.95. The maximum atomic E-state index is 11.6. The zero-order chi connectivity index (χ0) is 13.7. The Kier molecular flexibility index (Phi) is 3.77. The summed E-state index contributed by atoms with van der Waals surface area (Å²) in [6.07, 6.45) is 4.15. The number of nitro benzene ring substituents is 1. The standard InChI is InChI=1S/C12H9N3O4/c16-12(11-7-13-5-6-14-11)19-8-9-1-3-10(4-2-9)15(17)18/h1-7H,8H2. The molecule has 0 amide bonds. The molecule has 19 heavy (non-hydrogen) atoms. The minimum Gasteiger partial charge on any atom is -0.456 e. The molecule has 0 aliphatic rings. The third kappa shape index (κ3) is 3.32. The van der Waals surface area contributed by atoms with Crippen molar-refractivity contribution in [2.75, 3.05) is 0 Å². The zero-order valence-electron chi connectivity index (χ0n) is 9.72. The summed E-state index contributed by atoms with van der Waals surface area (Å²) in [5, 5.41) is 10.5. The summed E-state index contributed by atoms with van der Waals surface area (Å²) in [6, 6.07) is 5.77. The van der Waals surface area contributed by atoms with Gasteiger partial charge in [-0.1, -0.05) is 0 Å². The molecule has 1 aromatic heterocycles. The monoisotopic (exact) mass is 259 g/mol. The van der Waals surface area contributed by atoms with Crippen molar-refractivity contribution in [1.82, 2.24) is 9.97 Å². The van der Waals surface area contributed by atoms with Crippen LogP contribution in [0.4, 0.5) is 5.69 Å². The molecule has 0 saturated heterocycles. The van der Waals surface area contributed by atoms with E-state index in [1.807, 2.05) is 0 Å². The van der Waals surface area contributed by atoms with Crippen LogP contribution in [0.3, 0.4) is 0 Å². The fraction of sp³-hybridized carbons (Fsp3) is 0.0833. The van der Waals surface area contributed by atoms with Crippen LogP contribution in [0.1, 0.15) is 16.1 Å². The highest BCUT2D eigenvalue weighted by molar-refractivity contribution is 5.86. The molecule has 0 aliphatic carbocycles. The number of rotatable bonds is 4. The van der Waals surface area contributed by atoms with Gasteiger partial charge in [0.15, 0.2) is 5.69 Å². The number of carbonyl (C=O) groups excluding carboxylic acids is 1. The van der Waals surface area contributed by atoms with Crippen LogP contribution < -0.4 is 0 Å². The summed E-state index contributed by atoms with van der Waals surface area (Å²) in [5.74, 6) is -0.591. The number of carbonyl (C=O) groups is 1. The molecule has 7 nitrogen and oxygen atoms in total. The first-order valence-corrected chi connectivity index (χ1v) is 5.33. The molecule has 2 aromatic rings. The molecule has 0 radical (unpaired) electrons. The molecule has 0 aliphatic heterocycles. The first kappa shape index (κ1) is 12.6. The van der Waals surface area contributed by atoms with Crippen molar-refractivity contribution in [2.45, 2.75) is 6.61 Å². The van der Waals surface area contributed by atoms with Crippen LogP contribution in [0.15, 0.2) is 42.9 Å². The fourth-order valence-electron chi connectivity index (χ4n) is 1.34. The number of benzene rings is 1. The second kappa shape index (κ2) is 5.67. The van der Waals surface area contributed by atoms with Crippen LogP contribution in [-0.2, 0) is 11.3 Å². The predicted octanol–water partition coefficient (Wildman–Crippen LogP) is 1.74. The summed E-state index contributed by atoms with van der Waals surface area (Å²) in [6.45, 7) is 0.0212. The summed E-state index contributed by atoms with van der Waals surface area (Å²) >= 11 is 0. The minimum absolute atomic E-state index is 0.0102. The van der Waals surface area contributed by atoms with Crippen LogP contribution in [-0.4, -0.2) is 20.9 Å². The van der Waals surface area contributed by atoms with Gasteiger partial charge >= 0.3 is 5.97 Å². The van der Waals surface area contributed by atoms with E-state index in [4.69, 9.17) is 4.74 Å². The molecule has 0 spiro atoms. The lowest BCUT2D eigenvalue weighted by molar-refractivity contribution is -0.384. The fourth-order valence-corrected chi connectivity index (χ4v) is 1.34. The highest BCUT2D eigenvalue weighted by atomic mass is 16.6. The molecule has 0 fully saturated rings. The third-order valence-corrected chi connectivity index (χ3v) is 2.29. The van der Waals surface area contributed by atoms with E-state index in [9.17, 15) is 14.9 Å². The Morgan fingerprint density at radius 2 is 2.00 bits per heavy atom. The van der Waals surface area contributed by atoms with Gasteiger partial charge in [0.25, 0.3) is 5.69 Å². The first-order valence-electron chi connectivity index (χ1n) is 5.33. The topological polar surface area (TPSA) is 95.2 Å². The number of hydrogen-bond donors (Lipinski definition) is 0. The second-order valence-corrected chi connectivity index (χ2v) is 3.59. The maximum absolute atomic E-state index is 11.6. The number of non-ortho nitro benzene ring substituents is 1. The van der Waals surface area contributed by atoms with E-state index >= 15 is 0 Å². The minimum atomic E-state index is -0.591. The Morgan fingerprint density at radius 1 is 1.26 bits per heavy atom. The van der Waals surface area contributed by atoms with Gasteiger partial charge in [0.05, 0.1) is 11.1 Å². The summed E-state index contributed by atoms with van der Waals surface area (Å²) in [7, 11) is 0. The SMILES string of the molecule is O=C(OCc1ccc([N+](=O)[O-])cc1)c1cnccn1. The van der Waals surface area contributed by atoms with Gasteiger partial charge in [-0.25, -0.2) is 9.78 Å². The number of esters is 1. The molecule has 0 saturated carbocycles. The van der Waals surface area contributed by atoms with Gasteiger partial charge < -0.3 is 4.74 Å². The number of hydrogen-bond acceptors (Lipinski definition) is 6. The average molecular weight is 259 g/mol. The first-order chi connectivity index (χ1) is 9.16. The Bertz CT molecular complexity index is 584. The van der Waals surface area contributed by atoms with Crippen LogP contribution >= 0.6 is 0 Å². The summed E-state index contributed by atoms with van der Waals surface area (Å²) in [4.78, 5) is 29.1. The quantitative estimate of drug-likeness (QED) is 0.471. The molecule has 1 heterocycles. The van der Waals surface area contributed by atoms with Gasteiger partial charge in [-0.3, -0.25) is 15.1 Å². The number of nitro groups is 1. The molecule has 0 bridgehead atoms. The van der Waals surface area contributed by atoms with Gasteiger partial charge in [-0.05, 0) is 17.7 Å². The van der Waals surface area contributed by atoms with E-state index in [0.29, 0.717) is 5.56 Å². The number of aromatic nitrogens is 2. The summed E-state index contributed by atoms with van der Waals surface area (Å²) in [5.41, 5.74) is 0.760. The molecule has 0 unspecified atom stereocenters. The highest BCUT2D eigenvalue weighted by Crippen LogP contribution is 2.12. The van der Waals surface area contributed by atoms with E-state index in [1.165, 1.54) is 42.9 Å². The van der Waals surface area contributed by atoms with Crippen molar-refractivity contribution >= 4 is 11.7 Å². The van der Waals surface area contributed by atoms with E-state index in [0.717, 1.165) is 0 Å². The molecule has 1 aromatic carbocycles. The van der Waals surface area contributed by atoms with Crippen molar-refractivity contribution in [1.29, 1.82) is 0 Å². The number of ether oxygens (including phenoxy) is 1. The van der Waals surface area contributed by atoms with Gasteiger partial charge in [0, 0.05) is 24.5 Å². The Hall–Kier alpha value is -2.83. The van der Waals surface area contributed by atoms with Crippen molar-refractivity contribution < 1.29 is 14.5 Å². The van der Waals surface area contributed by atoms with E-state index in [2.05, 4.69) is 9.97 Å². The van der Waals surface area contributed by atoms with Gasteiger partial charge in [0.1, 0.15) is 6.61 Å². The number of nitrogens with zero attached hydrogens (tertiary/aromatic N) is 3. The molecule has 7 heteroatoms. The van der Waals surface area contributed by atoms with Crippen LogP contribution in [0.2, 0.25) is 0 Å². The van der Waals surface area contributed by atoms with Crippen LogP contribution in [0.5, 0.6) is 0 Å². The largest absolute Gasteiger partial charge is 0.456 e. The molecule has 2 rings (SSSR count). The van der Waals surface area contributed by atoms with Gasteiger partial charge in [0.2, 0.25) is 0 Å². The molecule has 96 valence electrons. The van der Waals surface area contributed by atoms with Crippen molar-refractivity contribution in [3.05, 3.63) is 64.2 Å². The lowest BCUT2D eigenvalue weighted by Crippen LogP contribution is -2.07. The Labute approximate surface area is 108 Å². The molecular formula is C12H9N3O4. The van der Waals surface area contributed by atoms with Crippen molar-refractivity contribution in [2.24, 2.45) is 0 Å². The Morgan fingerprint density at radius 3 is 2.58 bits per heavy atom. The predicted molar refractivity (Wildman–Crippen MR) is 64.2 cm³/mol. The highest BCUT2D eigenvalue weighted by Gasteiger charge is 2.09. The molecular weight excluding hydrogens is 250 g/mol. The van der Waals surface area contributed by atoms with Crippen LogP contribution in [0, 0.1) is 10.1 Å². The van der Waals surface area contributed by atoms with Gasteiger partial charge in [-0.15, -0.1) is 0 Å². The van der Waals surface area contributed by atoms with Gasteiger partial charge in [-0.2, -0.15) is 0 Å². The normalized spacial score (nSPS) is 9.89. The van der Waals surface area contributed by atoms with E-state index < -0.39 is 10.9 Å². The van der Waals surface area contributed by atoms with Crippen LogP contribution in [0.25, 0.3) is 0 Å². The second-order valence-electron chi connectivity index (χ2n) is 3.59. The lowest BCUT2D eigenvalue weighted by Gasteiger charge is -2.03. The van der Waals surface area contributed by atoms with E-state index in [-0.39, 0.29) is 18.0 Å². The maximum Gasteiger partial charge on any atom is 0.358 e. The molecule has 0 N–H and O–H groups in total. The molecule has 0 atom stereocenters. The zero-order valence-corrected chi connectivity index (χ0v) is 9.72.